The van der Waals surface area contributed by atoms with Crippen LogP contribution in [0, 0.1) is 17.8 Å². The van der Waals surface area contributed by atoms with Crippen molar-refractivity contribution in [2.24, 2.45) is 5.92 Å². The van der Waals surface area contributed by atoms with E-state index < -0.39 is 5.97 Å². The van der Waals surface area contributed by atoms with Gasteiger partial charge in [0.1, 0.15) is 0 Å². The van der Waals surface area contributed by atoms with Gasteiger partial charge in [-0.05, 0) is 25.3 Å². The highest BCUT2D eigenvalue weighted by molar-refractivity contribution is 5.70. The van der Waals surface area contributed by atoms with Crippen molar-refractivity contribution in [3.05, 3.63) is 35.9 Å². The highest BCUT2D eigenvalue weighted by Gasteiger charge is 2.16. The molecule has 0 fully saturated rings. The molecule has 1 aromatic rings. The zero-order chi connectivity index (χ0) is 11.8. The monoisotopic (exact) mass is 216 g/mol. The van der Waals surface area contributed by atoms with Gasteiger partial charge in [-0.2, -0.15) is 0 Å². The van der Waals surface area contributed by atoms with Gasteiger partial charge in [0.05, 0.1) is 5.92 Å². The normalized spacial score (nSPS) is 11.3. The minimum absolute atomic E-state index is 0.330. The van der Waals surface area contributed by atoms with E-state index in [1.54, 1.807) is 6.92 Å². The van der Waals surface area contributed by atoms with E-state index in [0.29, 0.717) is 19.3 Å². The Balaban J connectivity index is 2.57. The maximum atomic E-state index is 11.0. The van der Waals surface area contributed by atoms with E-state index in [0.717, 1.165) is 5.56 Å². The largest absolute Gasteiger partial charge is 0.481 e. The number of benzene rings is 1. The summed E-state index contributed by atoms with van der Waals surface area (Å²) in [5.74, 6) is 4.62. The minimum Gasteiger partial charge on any atom is -0.481 e. The molecule has 0 aliphatic heterocycles. The summed E-state index contributed by atoms with van der Waals surface area (Å²) in [6.45, 7) is 1.77. The number of carbonyl (C=O) groups is 1. The Morgan fingerprint density at radius 2 is 2.06 bits per heavy atom. The van der Waals surface area contributed by atoms with Crippen molar-refractivity contribution in [3.63, 3.8) is 0 Å². The number of rotatable bonds is 5. The molecule has 2 heteroatoms. The molecule has 1 aromatic carbocycles. The number of hydrogen-bond donors (Lipinski definition) is 1. The predicted octanol–water partition coefficient (Wildman–Crippen LogP) is 2.73. The van der Waals surface area contributed by atoms with Crippen LogP contribution in [0.5, 0.6) is 0 Å². The third kappa shape index (κ3) is 4.18. The summed E-state index contributed by atoms with van der Waals surface area (Å²) in [6.07, 6.45) is 1.85. The second kappa shape index (κ2) is 6.68. The summed E-state index contributed by atoms with van der Waals surface area (Å²) in [5, 5.41) is 9.09. The first-order chi connectivity index (χ1) is 7.74. The first-order valence-electron chi connectivity index (χ1n) is 5.40. The van der Waals surface area contributed by atoms with Gasteiger partial charge in [0.25, 0.3) is 0 Å². The summed E-state index contributed by atoms with van der Waals surface area (Å²) < 4.78 is 0. The van der Waals surface area contributed by atoms with Gasteiger partial charge in [0.2, 0.25) is 0 Å². The fourth-order valence-corrected chi connectivity index (χ4v) is 1.58. The predicted molar refractivity (Wildman–Crippen MR) is 64.0 cm³/mol. The van der Waals surface area contributed by atoms with Crippen LogP contribution in [-0.2, 0) is 11.2 Å². The summed E-state index contributed by atoms with van der Waals surface area (Å²) in [6, 6.07) is 9.71. The molecule has 1 rings (SSSR count). The summed E-state index contributed by atoms with van der Waals surface area (Å²) >= 11 is 0. The number of carboxylic acid groups (broad SMARTS) is 1. The molecule has 0 heterocycles. The molecule has 0 bridgehead atoms. The smallest absolute Gasteiger partial charge is 0.306 e. The van der Waals surface area contributed by atoms with Gasteiger partial charge in [-0.3, -0.25) is 4.79 Å². The van der Waals surface area contributed by atoms with Gasteiger partial charge in [0, 0.05) is 6.42 Å². The average Bonchev–Trinajstić information content (AvgIpc) is 2.29. The van der Waals surface area contributed by atoms with Gasteiger partial charge in [0.15, 0.2) is 0 Å². The molecule has 1 N–H and O–H groups in total. The van der Waals surface area contributed by atoms with Crippen LogP contribution in [-0.4, -0.2) is 11.1 Å². The van der Waals surface area contributed by atoms with Crippen LogP contribution >= 0.6 is 0 Å². The lowest BCUT2D eigenvalue weighted by Gasteiger charge is -2.10. The Hall–Kier alpha value is -1.75. The van der Waals surface area contributed by atoms with Crippen LogP contribution in [0.3, 0.4) is 0 Å². The molecule has 0 amide bonds. The van der Waals surface area contributed by atoms with E-state index >= 15 is 0 Å². The Labute approximate surface area is 96.3 Å². The van der Waals surface area contributed by atoms with E-state index in [4.69, 9.17) is 5.11 Å². The van der Waals surface area contributed by atoms with Crippen LogP contribution in [0.25, 0.3) is 0 Å². The molecule has 16 heavy (non-hydrogen) atoms. The average molecular weight is 216 g/mol. The van der Waals surface area contributed by atoms with Crippen LogP contribution < -0.4 is 0 Å². The molecular formula is C14H16O2. The van der Waals surface area contributed by atoms with Crippen LogP contribution in [0.15, 0.2) is 30.3 Å². The summed E-state index contributed by atoms with van der Waals surface area (Å²) in [7, 11) is 0. The van der Waals surface area contributed by atoms with Gasteiger partial charge in [-0.1, -0.05) is 30.3 Å². The second-order valence-electron chi connectivity index (χ2n) is 3.69. The van der Waals surface area contributed by atoms with E-state index in [-0.39, 0.29) is 5.92 Å². The quantitative estimate of drug-likeness (QED) is 0.768. The van der Waals surface area contributed by atoms with Crippen molar-refractivity contribution >= 4 is 5.97 Å². The molecular weight excluding hydrogens is 200 g/mol. The fraction of sp³-hybridized carbons (Fsp3) is 0.357. The first kappa shape index (κ1) is 12.3. The van der Waals surface area contributed by atoms with E-state index in [1.165, 1.54) is 0 Å². The maximum Gasteiger partial charge on any atom is 0.306 e. The van der Waals surface area contributed by atoms with Crippen molar-refractivity contribution < 1.29 is 9.90 Å². The maximum absolute atomic E-state index is 11.0. The molecule has 0 radical (unpaired) electrons. The van der Waals surface area contributed by atoms with Crippen LogP contribution in [0.4, 0.5) is 0 Å². The number of aliphatic carboxylic acids is 1. The van der Waals surface area contributed by atoms with Crippen LogP contribution in [0.1, 0.15) is 25.3 Å². The fourth-order valence-electron chi connectivity index (χ4n) is 1.58. The highest BCUT2D eigenvalue weighted by Crippen LogP contribution is 2.14. The molecule has 0 spiro atoms. The number of hydrogen-bond acceptors (Lipinski definition) is 1. The van der Waals surface area contributed by atoms with E-state index in [2.05, 4.69) is 11.8 Å². The molecule has 2 nitrogen and oxygen atoms in total. The summed E-state index contributed by atoms with van der Waals surface area (Å²) in [5.41, 5.74) is 1.07. The van der Waals surface area contributed by atoms with Gasteiger partial charge in [-0.25, -0.2) is 0 Å². The third-order valence-electron chi connectivity index (χ3n) is 2.47. The molecule has 84 valence electrons. The highest BCUT2D eigenvalue weighted by atomic mass is 16.4. The molecule has 1 atom stereocenters. The van der Waals surface area contributed by atoms with Crippen molar-refractivity contribution in [2.45, 2.75) is 26.2 Å². The van der Waals surface area contributed by atoms with Crippen LogP contribution in [0.2, 0.25) is 0 Å². The zero-order valence-corrected chi connectivity index (χ0v) is 9.44. The first-order valence-corrected chi connectivity index (χ1v) is 5.40. The topological polar surface area (TPSA) is 37.3 Å². The Morgan fingerprint density at radius 1 is 1.38 bits per heavy atom. The Morgan fingerprint density at radius 3 is 2.62 bits per heavy atom. The molecule has 0 aromatic heterocycles. The van der Waals surface area contributed by atoms with E-state index in [9.17, 15) is 4.79 Å². The minimum atomic E-state index is -0.734. The zero-order valence-electron chi connectivity index (χ0n) is 9.44. The van der Waals surface area contributed by atoms with Crippen molar-refractivity contribution in [2.75, 3.05) is 0 Å². The molecule has 1 unspecified atom stereocenters. The van der Waals surface area contributed by atoms with Gasteiger partial charge >= 0.3 is 5.97 Å². The van der Waals surface area contributed by atoms with Gasteiger partial charge < -0.3 is 5.11 Å². The molecule has 0 aliphatic rings. The lowest BCUT2D eigenvalue weighted by molar-refractivity contribution is -0.141. The molecule has 0 aliphatic carbocycles. The lowest BCUT2D eigenvalue weighted by Crippen LogP contribution is -2.16. The molecule has 0 saturated heterocycles. The van der Waals surface area contributed by atoms with E-state index in [1.807, 2.05) is 30.3 Å². The lowest BCUT2D eigenvalue weighted by atomic mass is 9.95. The third-order valence-corrected chi connectivity index (χ3v) is 2.47. The van der Waals surface area contributed by atoms with Gasteiger partial charge in [-0.15, -0.1) is 11.8 Å². The second-order valence-corrected chi connectivity index (χ2v) is 3.69. The standard InChI is InChI=1S/C14H16O2/c1-2-3-5-10-13(14(15)16)11-12-8-6-4-7-9-12/h4,6-9,13H,5,10-11H2,1H3,(H,15,16). The number of carboxylic acids is 1. The van der Waals surface area contributed by atoms with Crippen molar-refractivity contribution in [3.8, 4) is 11.8 Å². The SMILES string of the molecule is CC#CCCC(Cc1ccccc1)C(=O)O. The van der Waals surface area contributed by atoms with Crippen molar-refractivity contribution in [1.29, 1.82) is 0 Å². The Bertz CT molecular complexity index is 384. The Kier molecular flexibility index (Phi) is 5.15. The summed E-state index contributed by atoms with van der Waals surface area (Å²) in [4.78, 5) is 11.0. The molecule has 0 saturated carbocycles. The van der Waals surface area contributed by atoms with Crippen molar-refractivity contribution in [1.82, 2.24) is 0 Å².